The van der Waals surface area contributed by atoms with Crippen LogP contribution in [-0.2, 0) is 6.42 Å². The number of nitrogen functional groups attached to an aromatic ring is 1. The monoisotopic (exact) mass is 254 g/mol. The van der Waals surface area contributed by atoms with E-state index in [9.17, 15) is 0 Å². The molecule has 3 aromatic rings. The van der Waals surface area contributed by atoms with Crippen molar-refractivity contribution in [1.29, 1.82) is 0 Å². The summed E-state index contributed by atoms with van der Waals surface area (Å²) in [6, 6.07) is 7.64. The lowest BCUT2D eigenvalue weighted by atomic mass is 10.1. The number of benzene rings is 1. The van der Waals surface area contributed by atoms with Crippen LogP contribution >= 0.6 is 0 Å². The second-order valence-electron chi connectivity index (χ2n) is 4.22. The van der Waals surface area contributed by atoms with Gasteiger partial charge in [-0.2, -0.15) is 5.10 Å². The fourth-order valence-corrected chi connectivity index (χ4v) is 1.93. The van der Waals surface area contributed by atoms with Crippen LogP contribution in [0.2, 0.25) is 0 Å². The molecule has 96 valence electrons. The highest BCUT2D eigenvalue weighted by Gasteiger charge is 2.08. The quantitative estimate of drug-likeness (QED) is 0.730. The van der Waals surface area contributed by atoms with E-state index in [0.29, 0.717) is 17.3 Å². The number of fused-ring (bicyclic) bond motifs is 1. The van der Waals surface area contributed by atoms with Crippen molar-refractivity contribution in [3.8, 4) is 11.6 Å². The van der Waals surface area contributed by atoms with Crippen molar-refractivity contribution >= 4 is 11.2 Å². The minimum Gasteiger partial charge on any atom is -0.435 e. The van der Waals surface area contributed by atoms with Crippen molar-refractivity contribution < 1.29 is 4.74 Å². The Kier molecular flexibility index (Phi) is 2.79. The maximum Gasteiger partial charge on any atom is 0.245 e. The number of aryl methyl sites for hydroxylation is 1. The molecule has 2 heterocycles. The van der Waals surface area contributed by atoms with E-state index in [4.69, 9.17) is 10.5 Å². The van der Waals surface area contributed by atoms with Gasteiger partial charge < -0.3 is 10.5 Å². The van der Waals surface area contributed by atoms with E-state index < -0.39 is 0 Å². The lowest BCUT2D eigenvalue weighted by Crippen LogP contribution is -1.97. The van der Waals surface area contributed by atoms with Gasteiger partial charge in [-0.25, -0.2) is 9.50 Å². The topological polar surface area (TPSA) is 65.4 Å². The molecule has 0 fully saturated rings. The highest BCUT2D eigenvalue weighted by Crippen LogP contribution is 2.29. The van der Waals surface area contributed by atoms with Gasteiger partial charge >= 0.3 is 0 Å². The second kappa shape index (κ2) is 4.61. The van der Waals surface area contributed by atoms with Crippen LogP contribution < -0.4 is 10.5 Å². The Morgan fingerprint density at radius 2 is 2.16 bits per heavy atom. The first-order chi connectivity index (χ1) is 9.28. The maximum absolute atomic E-state index is 5.99. The zero-order valence-corrected chi connectivity index (χ0v) is 10.6. The molecule has 3 rings (SSSR count). The van der Waals surface area contributed by atoms with Crippen LogP contribution in [0.25, 0.3) is 5.52 Å². The van der Waals surface area contributed by atoms with Crippen molar-refractivity contribution in [1.82, 2.24) is 14.6 Å². The molecule has 19 heavy (non-hydrogen) atoms. The molecule has 2 aromatic heterocycles. The van der Waals surface area contributed by atoms with Gasteiger partial charge in [0.25, 0.3) is 0 Å². The number of nitrogens with two attached hydrogens (primary N) is 1. The summed E-state index contributed by atoms with van der Waals surface area (Å²) in [4.78, 5) is 4.22. The molecular formula is C14H14N4O. The normalized spacial score (nSPS) is 10.8. The molecule has 0 saturated heterocycles. The number of rotatable bonds is 3. The smallest absolute Gasteiger partial charge is 0.245 e. The van der Waals surface area contributed by atoms with Crippen LogP contribution in [0.5, 0.6) is 11.6 Å². The number of hydrogen-bond donors (Lipinski definition) is 1. The average molecular weight is 254 g/mol. The van der Waals surface area contributed by atoms with Gasteiger partial charge in [0, 0.05) is 12.4 Å². The lowest BCUT2D eigenvalue weighted by molar-refractivity contribution is 0.467. The predicted molar refractivity (Wildman–Crippen MR) is 73.3 cm³/mol. The Morgan fingerprint density at radius 3 is 2.95 bits per heavy atom. The lowest BCUT2D eigenvalue weighted by Gasteiger charge is -2.09. The fraction of sp³-hybridized carbons (Fsp3) is 0.143. The first-order valence-corrected chi connectivity index (χ1v) is 6.12. The maximum atomic E-state index is 5.99. The summed E-state index contributed by atoms with van der Waals surface area (Å²) in [6.07, 6.45) is 6.06. The Bertz CT molecular complexity index is 720. The van der Waals surface area contributed by atoms with Crippen LogP contribution in [0.3, 0.4) is 0 Å². The van der Waals surface area contributed by atoms with Crippen molar-refractivity contribution in [2.24, 2.45) is 0 Å². The standard InChI is InChI=1S/C14H14N4O/c1-2-10-3-4-13(11(15)9-10)19-14-12-5-6-17-18(12)8-7-16-14/h3-9H,2,15H2,1H3. The summed E-state index contributed by atoms with van der Waals surface area (Å²) < 4.78 is 7.49. The number of ether oxygens (including phenoxy) is 1. The van der Waals surface area contributed by atoms with Gasteiger partial charge in [0.15, 0.2) is 5.75 Å². The minimum absolute atomic E-state index is 0.496. The summed E-state index contributed by atoms with van der Waals surface area (Å²) in [5, 5.41) is 4.14. The van der Waals surface area contributed by atoms with Crippen LogP contribution in [-0.4, -0.2) is 14.6 Å². The molecule has 2 N–H and O–H groups in total. The van der Waals surface area contributed by atoms with Crippen LogP contribution in [0.1, 0.15) is 12.5 Å². The molecule has 0 aliphatic heterocycles. The Balaban J connectivity index is 1.99. The molecule has 0 saturated carbocycles. The van der Waals surface area contributed by atoms with Crippen molar-refractivity contribution in [2.45, 2.75) is 13.3 Å². The third-order valence-electron chi connectivity index (χ3n) is 2.98. The number of aromatic nitrogens is 3. The molecule has 0 spiro atoms. The van der Waals surface area contributed by atoms with Gasteiger partial charge in [0.05, 0.1) is 11.9 Å². The number of nitrogens with zero attached hydrogens (tertiary/aromatic N) is 3. The van der Waals surface area contributed by atoms with Gasteiger partial charge in [0.1, 0.15) is 5.52 Å². The molecule has 0 amide bonds. The highest BCUT2D eigenvalue weighted by atomic mass is 16.5. The van der Waals surface area contributed by atoms with Crippen molar-refractivity contribution in [3.05, 3.63) is 48.4 Å². The van der Waals surface area contributed by atoms with E-state index in [2.05, 4.69) is 17.0 Å². The molecule has 0 unspecified atom stereocenters. The van der Waals surface area contributed by atoms with Gasteiger partial charge in [-0.3, -0.25) is 0 Å². The summed E-state index contributed by atoms with van der Waals surface area (Å²) in [5.74, 6) is 1.11. The molecule has 0 aliphatic carbocycles. The molecule has 0 radical (unpaired) electrons. The molecule has 1 aromatic carbocycles. The zero-order valence-electron chi connectivity index (χ0n) is 10.6. The van der Waals surface area contributed by atoms with Crippen molar-refractivity contribution in [3.63, 3.8) is 0 Å². The van der Waals surface area contributed by atoms with Crippen LogP contribution in [0.4, 0.5) is 5.69 Å². The number of anilines is 1. The van der Waals surface area contributed by atoms with E-state index >= 15 is 0 Å². The van der Waals surface area contributed by atoms with Gasteiger partial charge in [-0.1, -0.05) is 13.0 Å². The highest BCUT2D eigenvalue weighted by molar-refractivity contribution is 5.60. The van der Waals surface area contributed by atoms with E-state index in [1.54, 1.807) is 23.1 Å². The first-order valence-electron chi connectivity index (χ1n) is 6.12. The predicted octanol–water partition coefficient (Wildman–Crippen LogP) is 2.67. The minimum atomic E-state index is 0.496. The van der Waals surface area contributed by atoms with Crippen LogP contribution in [0.15, 0.2) is 42.9 Å². The fourth-order valence-electron chi connectivity index (χ4n) is 1.93. The second-order valence-corrected chi connectivity index (χ2v) is 4.22. The molecule has 5 heteroatoms. The molecule has 5 nitrogen and oxygen atoms in total. The Labute approximate surface area is 110 Å². The molecule has 0 atom stereocenters. The van der Waals surface area contributed by atoms with Crippen LogP contribution in [0, 0.1) is 0 Å². The summed E-state index contributed by atoms with van der Waals surface area (Å²) in [5.41, 5.74) is 8.59. The zero-order chi connectivity index (χ0) is 13.2. The Morgan fingerprint density at radius 1 is 1.26 bits per heavy atom. The SMILES string of the molecule is CCc1ccc(Oc2nccn3nccc23)c(N)c1. The van der Waals surface area contributed by atoms with E-state index in [1.807, 2.05) is 24.3 Å². The average Bonchev–Trinajstić information content (AvgIpc) is 2.90. The van der Waals surface area contributed by atoms with Gasteiger partial charge in [0.2, 0.25) is 5.88 Å². The van der Waals surface area contributed by atoms with Gasteiger partial charge in [-0.15, -0.1) is 0 Å². The van der Waals surface area contributed by atoms with Gasteiger partial charge in [-0.05, 0) is 30.2 Å². The molecular weight excluding hydrogens is 240 g/mol. The largest absolute Gasteiger partial charge is 0.435 e. The van der Waals surface area contributed by atoms with E-state index in [1.165, 1.54) is 5.56 Å². The molecule has 0 aliphatic rings. The Hall–Kier alpha value is -2.56. The van der Waals surface area contributed by atoms with Crippen molar-refractivity contribution in [2.75, 3.05) is 5.73 Å². The molecule has 0 bridgehead atoms. The summed E-state index contributed by atoms with van der Waals surface area (Å²) >= 11 is 0. The van der Waals surface area contributed by atoms with E-state index in [-0.39, 0.29) is 0 Å². The van der Waals surface area contributed by atoms with E-state index in [0.717, 1.165) is 11.9 Å². The number of hydrogen-bond acceptors (Lipinski definition) is 4. The summed E-state index contributed by atoms with van der Waals surface area (Å²) in [7, 11) is 0. The first kappa shape index (κ1) is 11.5. The summed E-state index contributed by atoms with van der Waals surface area (Å²) in [6.45, 7) is 2.09. The third-order valence-corrected chi connectivity index (χ3v) is 2.98. The third kappa shape index (κ3) is 2.10.